The van der Waals surface area contributed by atoms with E-state index in [1.54, 1.807) is 0 Å². The Balaban J connectivity index is 1.74. The molecule has 4 rings (SSSR count). The summed E-state index contributed by atoms with van der Waals surface area (Å²) < 4.78 is 0. The first-order valence-corrected chi connectivity index (χ1v) is 9.02. The Hall–Kier alpha value is -2.88. The van der Waals surface area contributed by atoms with Crippen LogP contribution in [0.25, 0.3) is 11.1 Å². The zero-order chi connectivity index (χ0) is 18.3. The molecule has 4 heteroatoms. The number of hydrogen-bond acceptors (Lipinski definition) is 2. The number of rotatable bonds is 2. The Morgan fingerprint density at radius 1 is 1.00 bits per heavy atom. The molecule has 0 radical (unpaired) electrons. The highest BCUT2D eigenvalue weighted by atomic mass is 16.2. The number of amides is 1. The lowest BCUT2D eigenvalue weighted by Crippen LogP contribution is -2.33. The van der Waals surface area contributed by atoms with E-state index < -0.39 is 0 Å². The number of hydrogen-bond donors (Lipinski definition) is 1. The monoisotopic (exact) mass is 345 g/mol. The van der Waals surface area contributed by atoms with Gasteiger partial charge in [-0.05, 0) is 43.0 Å². The van der Waals surface area contributed by atoms with E-state index in [0.717, 1.165) is 17.0 Å². The second kappa shape index (κ2) is 6.45. The maximum Gasteiger partial charge on any atom is 0.230 e. The number of carbonyl (C=O) groups is 1. The van der Waals surface area contributed by atoms with Crippen molar-refractivity contribution in [3.8, 4) is 11.1 Å². The highest BCUT2D eigenvalue weighted by Crippen LogP contribution is 2.34. The van der Waals surface area contributed by atoms with E-state index in [9.17, 15) is 4.79 Å². The smallest absolute Gasteiger partial charge is 0.230 e. The molecule has 1 atom stereocenters. The molecule has 1 N–H and O–H groups in total. The number of aryl methyl sites for hydroxylation is 2. The number of carbonyl (C=O) groups excluding carboxylic acids is 1. The summed E-state index contributed by atoms with van der Waals surface area (Å²) in [6, 6.07) is 16.8. The predicted molar refractivity (Wildman–Crippen MR) is 103 cm³/mol. The van der Waals surface area contributed by atoms with Gasteiger partial charge in [0.1, 0.15) is 0 Å². The number of aromatic amines is 1. The van der Waals surface area contributed by atoms with E-state index >= 15 is 0 Å². The second-order valence-corrected chi connectivity index (χ2v) is 7.08. The highest BCUT2D eigenvalue weighted by Gasteiger charge is 2.28. The molecule has 1 unspecified atom stereocenters. The highest BCUT2D eigenvalue weighted by molar-refractivity contribution is 5.85. The topological polar surface area (TPSA) is 49.0 Å². The van der Waals surface area contributed by atoms with Gasteiger partial charge in [-0.2, -0.15) is 5.10 Å². The molecule has 3 aromatic rings. The molecule has 0 spiro atoms. The molecule has 1 aliphatic rings. The lowest BCUT2D eigenvalue weighted by atomic mass is 9.97. The first kappa shape index (κ1) is 16.6. The van der Waals surface area contributed by atoms with Crippen molar-refractivity contribution in [3.63, 3.8) is 0 Å². The van der Waals surface area contributed by atoms with Gasteiger partial charge in [0.15, 0.2) is 0 Å². The largest absolute Gasteiger partial charge is 0.333 e. The summed E-state index contributed by atoms with van der Waals surface area (Å²) in [7, 11) is 0. The molecule has 4 nitrogen and oxygen atoms in total. The van der Waals surface area contributed by atoms with Gasteiger partial charge in [0.25, 0.3) is 0 Å². The number of aromatic nitrogens is 2. The molecular weight excluding hydrogens is 322 g/mol. The van der Waals surface area contributed by atoms with Crippen molar-refractivity contribution in [1.29, 1.82) is 0 Å². The zero-order valence-corrected chi connectivity index (χ0v) is 15.4. The Bertz CT molecular complexity index is 906. The fourth-order valence-electron chi connectivity index (χ4n) is 4.06. The standard InChI is InChI=1S/C22H23N3O/c1-14(21-15(2)23-24-16(21)3)22(26)25-12-17-8-4-6-10-19(17)20-11-7-5-9-18(20)13-25/h4-11,14H,12-13H2,1-3H3,(H,23,24). The van der Waals surface area contributed by atoms with Crippen LogP contribution in [0.1, 0.15) is 40.9 Å². The third-order valence-electron chi connectivity index (χ3n) is 5.35. The number of nitrogens with one attached hydrogen (secondary N) is 1. The van der Waals surface area contributed by atoms with Crippen LogP contribution < -0.4 is 0 Å². The summed E-state index contributed by atoms with van der Waals surface area (Å²) in [5.74, 6) is -0.0738. The Morgan fingerprint density at radius 2 is 1.54 bits per heavy atom. The predicted octanol–water partition coefficient (Wildman–Crippen LogP) is 4.34. The molecule has 1 aliphatic heterocycles. The van der Waals surface area contributed by atoms with Gasteiger partial charge in [0.2, 0.25) is 5.91 Å². The minimum atomic E-state index is -0.217. The van der Waals surface area contributed by atoms with E-state index in [1.165, 1.54) is 22.3 Å². The molecule has 0 saturated heterocycles. The second-order valence-electron chi connectivity index (χ2n) is 7.08. The lowest BCUT2D eigenvalue weighted by molar-refractivity contribution is -0.133. The van der Waals surface area contributed by atoms with Crippen molar-refractivity contribution < 1.29 is 4.79 Å². The van der Waals surface area contributed by atoms with Crippen LogP contribution in [0, 0.1) is 13.8 Å². The molecule has 1 aromatic heterocycles. The van der Waals surface area contributed by atoms with E-state index in [0.29, 0.717) is 13.1 Å². The van der Waals surface area contributed by atoms with E-state index in [1.807, 2.05) is 37.8 Å². The molecule has 26 heavy (non-hydrogen) atoms. The number of nitrogens with zero attached hydrogens (tertiary/aromatic N) is 2. The maximum absolute atomic E-state index is 13.4. The van der Waals surface area contributed by atoms with Crippen LogP contribution in [-0.2, 0) is 17.9 Å². The van der Waals surface area contributed by atoms with E-state index in [2.05, 4.69) is 46.6 Å². The van der Waals surface area contributed by atoms with Crippen LogP contribution >= 0.6 is 0 Å². The van der Waals surface area contributed by atoms with Crippen LogP contribution in [0.15, 0.2) is 48.5 Å². The third-order valence-corrected chi connectivity index (χ3v) is 5.35. The van der Waals surface area contributed by atoms with E-state index in [4.69, 9.17) is 0 Å². The summed E-state index contributed by atoms with van der Waals surface area (Å²) in [6.07, 6.45) is 0. The first-order chi connectivity index (χ1) is 12.6. The van der Waals surface area contributed by atoms with Crippen molar-refractivity contribution in [1.82, 2.24) is 15.1 Å². The Morgan fingerprint density at radius 3 is 2.04 bits per heavy atom. The third kappa shape index (κ3) is 2.71. The average Bonchev–Trinajstić information content (AvgIpc) is 2.89. The maximum atomic E-state index is 13.4. The lowest BCUT2D eigenvalue weighted by Gasteiger charge is -2.25. The molecule has 1 amide bonds. The van der Waals surface area contributed by atoms with Gasteiger partial charge in [-0.15, -0.1) is 0 Å². The first-order valence-electron chi connectivity index (χ1n) is 9.02. The van der Waals surface area contributed by atoms with Crippen molar-refractivity contribution in [2.24, 2.45) is 0 Å². The van der Waals surface area contributed by atoms with Gasteiger partial charge in [-0.3, -0.25) is 9.89 Å². The normalized spacial score (nSPS) is 14.3. The van der Waals surface area contributed by atoms with Gasteiger partial charge in [0.05, 0.1) is 11.6 Å². The van der Waals surface area contributed by atoms with Crippen LogP contribution in [-0.4, -0.2) is 21.0 Å². The molecule has 0 aliphatic carbocycles. The molecule has 0 bridgehead atoms. The zero-order valence-electron chi connectivity index (χ0n) is 15.4. The number of fused-ring (bicyclic) bond motifs is 3. The van der Waals surface area contributed by atoms with Crippen molar-refractivity contribution in [3.05, 3.63) is 76.6 Å². The van der Waals surface area contributed by atoms with Crippen molar-refractivity contribution in [2.75, 3.05) is 0 Å². The molecule has 2 heterocycles. The van der Waals surface area contributed by atoms with Gasteiger partial charge in [-0.1, -0.05) is 48.5 Å². The van der Waals surface area contributed by atoms with Crippen molar-refractivity contribution in [2.45, 2.75) is 39.8 Å². The molecule has 2 aromatic carbocycles. The minimum absolute atomic E-state index is 0.143. The fraction of sp³-hybridized carbons (Fsp3) is 0.273. The summed E-state index contributed by atoms with van der Waals surface area (Å²) in [5.41, 5.74) is 7.72. The Labute approximate surface area is 153 Å². The van der Waals surface area contributed by atoms with Gasteiger partial charge in [-0.25, -0.2) is 0 Å². The van der Waals surface area contributed by atoms with Gasteiger partial charge in [0, 0.05) is 24.3 Å². The van der Waals surface area contributed by atoms with Crippen LogP contribution in [0.4, 0.5) is 0 Å². The quantitative estimate of drug-likeness (QED) is 0.751. The summed E-state index contributed by atoms with van der Waals surface area (Å²) in [5, 5.41) is 7.26. The van der Waals surface area contributed by atoms with E-state index in [-0.39, 0.29) is 11.8 Å². The Kier molecular flexibility index (Phi) is 4.11. The number of benzene rings is 2. The van der Waals surface area contributed by atoms with Crippen LogP contribution in [0.5, 0.6) is 0 Å². The molecule has 0 fully saturated rings. The average molecular weight is 345 g/mol. The number of H-pyrrole nitrogens is 1. The summed E-state index contributed by atoms with van der Waals surface area (Å²) in [6.45, 7) is 7.17. The SMILES string of the molecule is Cc1n[nH]c(C)c1C(C)C(=O)N1Cc2ccccc2-c2ccccc2C1. The van der Waals surface area contributed by atoms with Gasteiger partial charge < -0.3 is 4.90 Å². The fourth-order valence-corrected chi connectivity index (χ4v) is 4.06. The van der Waals surface area contributed by atoms with Crippen LogP contribution in [0.2, 0.25) is 0 Å². The van der Waals surface area contributed by atoms with Gasteiger partial charge >= 0.3 is 0 Å². The summed E-state index contributed by atoms with van der Waals surface area (Å²) >= 11 is 0. The van der Waals surface area contributed by atoms with Crippen LogP contribution in [0.3, 0.4) is 0 Å². The molecule has 132 valence electrons. The van der Waals surface area contributed by atoms with Crippen molar-refractivity contribution >= 4 is 5.91 Å². The summed E-state index contributed by atoms with van der Waals surface area (Å²) in [4.78, 5) is 15.3. The molecular formula is C22H23N3O. The molecule has 0 saturated carbocycles. The minimum Gasteiger partial charge on any atom is -0.333 e.